The molecule has 4 heteroatoms. The van der Waals surface area contributed by atoms with Crippen molar-refractivity contribution in [3.05, 3.63) is 46.6 Å². The molecule has 0 aliphatic heterocycles. The van der Waals surface area contributed by atoms with Crippen LogP contribution in [0.25, 0.3) is 17.0 Å². The number of para-hydroxylation sites is 1. The third-order valence-corrected chi connectivity index (χ3v) is 2.67. The maximum Gasteiger partial charge on any atom is 0.328 e. The van der Waals surface area contributed by atoms with E-state index < -0.39 is 5.97 Å². The standard InChI is InChI=1S/C13H10ClNO2/c1-8-7-11(14)10-4-2-3-9(13(10)15-8)5-6-12(16)17/h2-7H,1H3,(H,16,17)/b6-5+. The molecule has 1 N–H and O–H groups in total. The van der Waals surface area contributed by atoms with Gasteiger partial charge in [-0.25, -0.2) is 4.79 Å². The van der Waals surface area contributed by atoms with Crippen LogP contribution in [0.2, 0.25) is 5.02 Å². The van der Waals surface area contributed by atoms with Crippen LogP contribution in [0.4, 0.5) is 0 Å². The number of fused-ring (bicyclic) bond motifs is 1. The summed E-state index contributed by atoms with van der Waals surface area (Å²) >= 11 is 6.12. The van der Waals surface area contributed by atoms with Gasteiger partial charge in [-0.1, -0.05) is 29.8 Å². The van der Waals surface area contributed by atoms with E-state index in [1.807, 2.05) is 25.1 Å². The molecular formula is C13H10ClNO2. The van der Waals surface area contributed by atoms with Gasteiger partial charge in [-0.05, 0) is 19.1 Å². The van der Waals surface area contributed by atoms with Crippen LogP contribution in [-0.4, -0.2) is 16.1 Å². The van der Waals surface area contributed by atoms with Crippen LogP contribution >= 0.6 is 11.6 Å². The number of carboxylic acid groups (broad SMARTS) is 1. The van der Waals surface area contributed by atoms with Crippen molar-refractivity contribution in [1.82, 2.24) is 4.98 Å². The fraction of sp³-hybridized carbons (Fsp3) is 0.0769. The van der Waals surface area contributed by atoms with Gasteiger partial charge in [0.15, 0.2) is 0 Å². The summed E-state index contributed by atoms with van der Waals surface area (Å²) in [4.78, 5) is 14.9. The Morgan fingerprint density at radius 2 is 2.24 bits per heavy atom. The molecular weight excluding hydrogens is 238 g/mol. The van der Waals surface area contributed by atoms with Crippen molar-refractivity contribution >= 4 is 34.5 Å². The Bertz CT molecular complexity index is 620. The van der Waals surface area contributed by atoms with E-state index >= 15 is 0 Å². The minimum Gasteiger partial charge on any atom is -0.478 e. The van der Waals surface area contributed by atoms with Crippen molar-refractivity contribution < 1.29 is 9.90 Å². The zero-order chi connectivity index (χ0) is 12.4. The zero-order valence-corrected chi connectivity index (χ0v) is 9.90. The second kappa shape index (κ2) is 4.55. The first kappa shape index (κ1) is 11.6. The van der Waals surface area contributed by atoms with Crippen LogP contribution < -0.4 is 0 Å². The minimum atomic E-state index is -0.985. The highest BCUT2D eigenvalue weighted by molar-refractivity contribution is 6.35. The first-order chi connectivity index (χ1) is 8.08. The van der Waals surface area contributed by atoms with Crippen LogP contribution in [0, 0.1) is 6.92 Å². The summed E-state index contributed by atoms with van der Waals surface area (Å²) in [6, 6.07) is 7.29. The minimum absolute atomic E-state index is 0.623. The van der Waals surface area contributed by atoms with Crippen LogP contribution in [0.15, 0.2) is 30.3 Å². The van der Waals surface area contributed by atoms with Crippen molar-refractivity contribution in [1.29, 1.82) is 0 Å². The molecule has 0 aliphatic carbocycles. The predicted octanol–water partition coefficient (Wildman–Crippen LogP) is 3.29. The molecule has 0 bridgehead atoms. The zero-order valence-electron chi connectivity index (χ0n) is 9.14. The van der Waals surface area contributed by atoms with Gasteiger partial charge in [-0.3, -0.25) is 4.98 Å². The summed E-state index contributed by atoms with van der Waals surface area (Å²) in [5.41, 5.74) is 2.27. The summed E-state index contributed by atoms with van der Waals surface area (Å²) < 4.78 is 0. The summed E-state index contributed by atoms with van der Waals surface area (Å²) in [6.45, 7) is 1.85. The lowest BCUT2D eigenvalue weighted by atomic mass is 10.1. The molecule has 0 unspecified atom stereocenters. The number of aliphatic carboxylic acids is 1. The van der Waals surface area contributed by atoms with Gasteiger partial charge in [0.05, 0.1) is 10.5 Å². The average molecular weight is 248 g/mol. The highest BCUT2D eigenvalue weighted by atomic mass is 35.5. The molecule has 0 atom stereocenters. The number of carbonyl (C=O) groups is 1. The van der Waals surface area contributed by atoms with E-state index in [0.717, 1.165) is 28.2 Å². The highest BCUT2D eigenvalue weighted by Gasteiger charge is 2.05. The Morgan fingerprint density at radius 1 is 1.47 bits per heavy atom. The molecule has 0 saturated heterocycles. The fourth-order valence-electron chi connectivity index (χ4n) is 1.64. The third kappa shape index (κ3) is 2.45. The lowest BCUT2D eigenvalue weighted by Gasteiger charge is -2.04. The van der Waals surface area contributed by atoms with Crippen LogP contribution in [-0.2, 0) is 4.79 Å². The maximum atomic E-state index is 10.5. The van der Waals surface area contributed by atoms with E-state index in [1.54, 1.807) is 6.07 Å². The lowest BCUT2D eigenvalue weighted by Crippen LogP contribution is -1.89. The van der Waals surface area contributed by atoms with Gasteiger partial charge in [-0.15, -0.1) is 0 Å². The molecule has 0 fully saturated rings. The smallest absolute Gasteiger partial charge is 0.328 e. The van der Waals surface area contributed by atoms with E-state index in [-0.39, 0.29) is 0 Å². The van der Waals surface area contributed by atoms with Crippen LogP contribution in [0.5, 0.6) is 0 Å². The van der Waals surface area contributed by atoms with Gasteiger partial charge in [0.25, 0.3) is 0 Å². The van der Waals surface area contributed by atoms with Crippen LogP contribution in [0.1, 0.15) is 11.3 Å². The molecule has 1 aromatic heterocycles. The normalized spacial score (nSPS) is 11.2. The Morgan fingerprint density at radius 3 is 2.94 bits per heavy atom. The topological polar surface area (TPSA) is 50.2 Å². The second-order valence-corrected chi connectivity index (χ2v) is 4.07. The molecule has 0 aliphatic rings. The predicted molar refractivity (Wildman–Crippen MR) is 68.2 cm³/mol. The Hall–Kier alpha value is -1.87. The molecule has 2 rings (SSSR count). The van der Waals surface area contributed by atoms with Gasteiger partial charge in [0.1, 0.15) is 0 Å². The molecule has 17 heavy (non-hydrogen) atoms. The number of rotatable bonds is 2. The highest BCUT2D eigenvalue weighted by Crippen LogP contribution is 2.26. The van der Waals surface area contributed by atoms with Crippen molar-refractivity contribution in [2.75, 3.05) is 0 Å². The third-order valence-electron chi connectivity index (χ3n) is 2.35. The Balaban J connectivity index is 2.68. The summed E-state index contributed by atoms with van der Waals surface area (Å²) in [5, 5.41) is 10.1. The van der Waals surface area contributed by atoms with Crippen LogP contribution in [0.3, 0.4) is 0 Å². The number of aryl methyl sites for hydroxylation is 1. The van der Waals surface area contributed by atoms with E-state index in [4.69, 9.17) is 16.7 Å². The number of hydrogen-bond donors (Lipinski definition) is 1. The number of pyridine rings is 1. The number of aromatic nitrogens is 1. The number of benzene rings is 1. The molecule has 0 amide bonds. The molecule has 2 aromatic rings. The van der Waals surface area contributed by atoms with Gasteiger partial charge in [0, 0.05) is 22.7 Å². The molecule has 0 radical (unpaired) electrons. The SMILES string of the molecule is Cc1cc(Cl)c2cccc(/C=C/C(=O)O)c2n1. The number of nitrogens with zero attached hydrogens (tertiary/aromatic N) is 1. The average Bonchev–Trinajstić information content (AvgIpc) is 2.26. The molecule has 1 heterocycles. The summed E-state index contributed by atoms with van der Waals surface area (Å²) in [7, 11) is 0. The maximum absolute atomic E-state index is 10.5. The van der Waals surface area contributed by atoms with Crippen molar-refractivity contribution in [3.63, 3.8) is 0 Å². The van der Waals surface area contributed by atoms with Crippen molar-refractivity contribution in [3.8, 4) is 0 Å². The molecule has 86 valence electrons. The lowest BCUT2D eigenvalue weighted by molar-refractivity contribution is -0.131. The van der Waals surface area contributed by atoms with Gasteiger partial charge in [-0.2, -0.15) is 0 Å². The fourth-order valence-corrected chi connectivity index (χ4v) is 1.95. The number of halogens is 1. The van der Waals surface area contributed by atoms with Gasteiger partial charge in [0.2, 0.25) is 0 Å². The van der Waals surface area contributed by atoms with Crippen molar-refractivity contribution in [2.24, 2.45) is 0 Å². The first-order valence-corrected chi connectivity index (χ1v) is 5.42. The monoisotopic (exact) mass is 247 g/mol. The first-order valence-electron chi connectivity index (χ1n) is 5.05. The van der Waals surface area contributed by atoms with E-state index in [2.05, 4.69) is 4.98 Å². The van der Waals surface area contributed by atoms with Gasteiger partial charge < -0.3 is 5.11 Å². The Kier molecular flexibility index (Phi) is 3.11. The van der Waals surface area contributed by atoms with Gasteiger partial charge >= 0.3 is 5.97 Å². The largest absolute Gasteiger partial charge is 0.478 e. The molecule has 0 saturated carbocycles. The Labute approximate surface area is 103 Å². The summed E-state index contributed by atoms with van der Waals surface area (Å²) in [5.74, 6) is -0.985. The molecule has 0 spiro atoms. The van der Waals surface area contributed by atoms with Crippen molar-refractivity contribution in [2.45, 2.75) is 6.92 Å². The van der Waals surface area contributed by atoms with E-state index in [0.29, 0.717) is 5.02 Å². The van der Waals surface area contributed by atoms with E-state index in [1.165, 1.54) is 6.08 Å². The summed E-state index contributed by atoms with van der Waals surface area (Å²) in [6.07, 6.45) is 2.61. The van der Waals surface area contributed by atoms with E-state index in [9.17, 15) is 4.79 Å². The molecule has 3 nitrogen and oxygen atoms in total. The number of hydrogen-bond acceptors (Lipinski definition) is 2. The second-order valence-electron chi connectivity index (χ2n) is 3.66. The number of carboxylic acids is 1. The molecule has 1 aromatic carbocycles. The quantitative estimate of drug-likeness (QED) is 0.829.